The predicted molar refractivity (Wildman–Crippen MR) is 151 cm³/mol. The van der Waals surface area contributed by atoms with Gasteiger partial charge in [-0.1, -0.05) is 25.5 Å². The second kappa shape index (κ2) is 9.34. The molecule has 218 valence electrons. The van der Waals surface area contributed by atoms with Gasteiger partial charge < -0.3 is 29.7 Å². The molecule has 39 heavy (non-hydrogen) atoms. The maximum atomic E-state index is 14.0. The SMILES string of the molecule is COP(=O)(OC)C1C=C2[C@@](C)(CC[C@@]3(C)N[C@](C)(CCC(C)(C)C(=O)O)CC[C@]23C)c2cc(O)c(O)c(C)c21. The predicted octanol–water partition coefficient (Wildman–Crippen LogP) is 6.72. The maximum Gasteiger partial charge on any atom is 0.341 e. The Hall–Kier alpha value is -1.86. The van der Waals surface area contributed by atoms with Gasteiger partial charge >= 0.3 is 13.6 Å². The molecule has 2 fully saturated rings. The Bertz CT molecular complexity index is 1270. The Morgan fingerprint density at radius 2 is 1.72 bits per heavy atom. The summed E-state index contributed by atoms with van der Waals surface area (Å²) in [6, 6.07) is 1.63. The number of carboxylic acid groups (broad SMARTS) is 1. The molecule has 9 heteroatoms. The van der Waals surface area contributed by atoms with E-state index in [-0.39, 0.29) is 28.0 Å². The highest BCUT2D eigenvalue weighted by Gasteiger charge is 2.62. The summed E-state index contributed by atoms with van der Waals surface area (Å²) in [5, 5.41) is 35.0. The number of phenols is 2. The number of aliphatic carboxylic acids is 1. The molecule has 1 aromatic carbocycles. The maximum absolute atomic E-state index is 14.0. The number of fused-ring (bicyclic) bond motifs is 5. The summed E-state index contributed by atoms with van der Waals surface area (Å²) in [6.07, 6.45) is 6.72. The van der Waals surface area contributed by atoms with Gasteiger partial charge in [-0.25, -0.2) is 0 Å². The lowest BCUT2D eigenvalue weighted by Gasteiger charge is -2.65. The van der Waals surface area contributed by atoms with E-state index in [1.165, 1.54) is 14.2 Å². The average molecular weight is 564 g/mol. The molecule has 1 heterocycles. The van der Waals surface area contributed by atoms with E-state index in [1.807, 2.05) is 0 Å². The fourth-order valence-electron chi connectivity index (χ4n) is 7.65. The van der Waals surface area contributed by atoms with Crippen LogP contribution in [0, 0.1) is 17.8 Å². The van der Waals surface area contributed by atoms with E-state index in [0.29, 0.717) is 17.5 Å². The highest BCUT2D eigenvalue weighted by atomic mass is 31.2. The molecule has 1 unspecified atom stereocenters. The zero-order chi connectivity index (χ0) is 29.4. The average Bonchev–Trinajstić information content (AvgIpc) is 2.87. The molecule has 4 rings (SSSR count). The zero-order valence-corrected chi connectivity index (χ0v) is 25.8. The van der Waals surface area contributed by atoms with Crippen molar-refractivity contribution >= 4 is 13.6 Å². The Morgan fingerprint density at radius 1 is 1.10 bits per heavy atom. The molecule has 2 aliphatic carbocycles. The Balaban J connectivity index is 1.84. The third-order valence-corrected chi connectivity index (χ3v) is 12.9. The van der Waals surface area contributed by atoms with Crippen molar-refractivity contribution in [3.63, 3.8) is 0 Å². The number of hydrogen-bond donors (Lipinski definition) is 4. The molecule has 0 amide bonds. The first-order valence-corrected chi connectivity index (χ1v) is 15.5. The van der Waals surface area contributed by atoms with E-state index in [2.05, 4.69) is 39.1 Å². The van der Waals surface area contributed by atoms with Gasteiger partial charge in [0.25, 0.3) is 0 Å². The lowest BCUT2D eigenvalue weighted by Crippen LogP contribution is -2.70. The molecule has 1 aliphatic heterocycles. The molecule has 0 spiro atoms. The fourth-order valence-corrected chi connectivity index (χ4v) is 9.23. The van der Waals surface area contributed by atoms with Crippen LogP contribution in [-0.2, 0) is 23.8 Å². The van der Waals surface area contributed by atoms with Gasteiger partial charge in [0.1, 0.15) is 5.66 Å². The van der Waals surface area contributed by atoms with Crippen molar-refractivity contribution in [1.82, 2.24) is 5.32 Å². The van der Waals surface area contributed by atoms with Crippen molar-refractivity contribution in [3.05, 3.63) is 34.4 Å². The Morgan fingerprint density at radius 3 is 2.28 bits per heavy atom. The largest absolute Gasteiger partial charge is 0.504 e. The van der Waals surface area contributed by atoms with Gasteiger partial charge in [-0.2, -0.15) is 0 Å². The van der Waals surface area contributed by atoms with Crippen molar-refractivity contribution in [2.24, 2.45) is 10.8 Å². The number of piperidine rings is 1. The number of allylic oxidation sites excluding steroid dienone is 1. The van der Waals surface area contributed by atoms with Crippen LogP contribution in [0.5, 0.6) is 11.5 Å². The summed E-state index contributed by atoms with van der Waals surface area (Å²) in [6.45, 7) is 14.2. The summed E-state index contributed by atoms with van der Waals surface area (Å²) in [5.74, 6) is -1.19. The van der Waals surface area contributed by atoms with Crippen LogP contribution in [0.3, 0.4) is 0 Å². The second-order valence-corrected chi connectivity index (χ2v) is 16.0. The van der Waals surface area contributed by atoms with Gasteiger partial charge in [0.05, 0.1) is 5.41 Å². The number of aromatic hydroxyl groups is 2. The van der Waals surface area contributed by atoms with Gasteiger partial charge in [0.15, 0.2) is 11.5 Å². The van der Waals surface area contributed by atoms with Crippen molar-refractivity contribution in [2.45, 2.75) is 109 Å². The first-order chi connectivity index (χ1) is 17.8. The Labute approximate surface area is 232 Å². The van der Waals surface area contributed by atoms with Gasteiger partial charge in [-0.3, -0.25) is 9.36 Å². The molecule has 1 saturated heterocycles. The molecular formula is C30H46NO7P. The van der Waals surface area contributed by atoms with E-state index in [4.69, 9.17) is 9.05 Å². The molecule has 0 aromatic heterocycles. The molecule has 4 N–H and O–H groups in total. The lowest BCUT2D eigenvalue weighted by atomic mass is 9.45. The van der Waals surface area contributed by atoms with E-state index >= 15 is 0 Å². The monoisotopic (exact) mass is 563 g/mol. The summed E-state index contributed by atoms with van der Waals surface area (Å²) >= 11 is 0. The molecular weight excluding hydrogens is 517 g/mol. The molecule has 1 aromatic rings. The highest BCUT2D eigenvalue weighted by molar-refractivity contribution is 7.54. The third-order valence-electron chi connectivity index (χ3n) is 10.8. The van der Waals surface area contributed by atoms with Gasteiger partial charge in [-0.05, 0) is 95.9 Å². The first kappa shape index (κ1) is 30.1. The molecule has 0 bridgehead atoms. The summed E-state index contributed by atoms with van der Waals surface area (Å²) in [5.41, 5.74) is 0.320. The fraction of sp³-hybridized carbons (Fsp3) is 0.700. The van der Waals surface area contributed by atoms with Crippen LogP contribution in [0.15, 0.2) is 17.7 Å². The van der Waals surface area contributed by atoms with Crippen LogP contribution in [0.25, 0.3) is 0 Å². The van der Waals surface area contributed by atoms with Crippen molar-refractivity contribution in [3.8, 4) is 11.5 Å². The number of rotatable bonds is 7. The number of hydrogen-bond acceptors (Lipinski definition) is 7. The second-order valence-electron chi connectivity index (χ2n) is 13.6. The van der Waals surface area contributed by atoms with Gasteiger partial charge in [0, 0.05) is 36.1 Å². The first-order valence-electron chi connectivity index (χ1n) is 13.9. The highest BCUT2D eigenvalue weighted by Crippen LogP contribution is 2.70. The van der Waals surface area contributed by atoms with Crippen LogP contribution in [0.2, 0.25) is 0 Å². The normalized spacial score (nSPS) is 34.5. The van der Waals surface area contributed by atoms with Crippen LogP contribution in [0.1, 0.15) is 102 Å². The minimum Gasteiger partial charge on any atom is -0.504 e. The number of nitrogens with one attached hydrogen (secondary N) is 1. The number of carboxylic acids is 1. The quantitative estimate of drug-likeness (QED) is 0.164. The molecule has 1 saturated carbocycles. The number of phenolic OH excluding ortho intramolecular Hbond substituents is 2. The van der Waals surface area contributed by atoms with Crippen molar-refractivity contribution in [2.75, 3.05) is 14.2 Å². The van der Waals surface area contributed by atoms with Crippen LogP contribution < -0.4 is 5.32 Å². The van der Waals surface area contributed by atoms with Gasteiger partial charge in [0.2, 0.25) is 0 Å². The summed E-state index contributed by atoms with van der Waals surface area (Å²) in [4.78, 5) is 11.8. The summed E-state index contributed by atoms with van der Waals surface area (Å²) in [7, 11) is -0.893. The zero-order valence-electron chi connectivity index (χ0n) is 24.9. The number of carbonyl (C=O) groups is 1. The smallest absolute Gasteiger partial charge is 0.341 e. The van der Waals surface area contributed by atoms with Crippen molar-refractivity contribution < 1.29 is 33.7 Å². The molecule has 8 nitrogen and oxygen atoms in total. The van der Waals surface area contributed by atoms with E-state index in [1.54, 1.807) is 26.8 Å². The van der Waals surface area contributed by atoms with Crippen LogP contribution in [0.4, 0.5) is 0 Å². The van der Waals surface area contributed by atoms with E-state index < -0.39 is 30.1 Å². The Kier molecular flexibility index (Phi) is 7.21. The minimum atomic E-state index is -3.65. The van der Waals surface area contributed by atoms with Crippen LogP contribution in [-0.4, -0.2) is 46.6 Å². The summed E-state index contributed by atoms with van der Waals surface area (Å²) < 4.78 is 25.0. The van der Waals surface area contributed by atoms with Crippen molar-refractivity contribution in [1.29, 1.82) is 0 Å². The van der Waals surface area contributed by atoms with E-state index in [0.717, 1.165) is 43.2 Å². The van der Waals surface area contributed by atoms with Gasteiger partial charge in [-0.15, -0.1) is 0 Å². The standard InChI is InChI=1S/C30H46NO7P/c1-18-23-19(16-20(32)24(18)33)28(5)13-15-30(7)29(6,22(28)17-21(23)39(36,37-8)38-9)14-12-27(4,31-30)11-10-26(2,3)25(34)35/h16-17,21,31-33H,10-15H2,1-9H3,(H,34,35)/t21?,27-,28+,29-,30-/m1/s1. The minimum absolute atomic E-state index is 0.189. The topological polar surface area (TPSA) is 125 Å². The molecule has 0 radical (unpaired) electrons. The third kappa shape index (κ3) is 4.37. The number of benzene rings is 1. The van der Waals surface area contributed by atoms with Crippen LogP contribution >= 0.6 is 7.60 Å². The lowest BCUT2D eigenvalue weighted by molar-refractivity contribution is -0.147. The molecule has 5 atom stereocenters. The van der Waals surface area contributed by atoms with E-state index in [9.17, 15) is 24.7 Å². The molecule has 3 aliphatic rings.